The molecule has 0 bridgehead atoms. The van der Waals surface area contributed by atoms with Crippen LogP contribution in [-0.4, -0.2) is 13.2 Å². The van der Waals surface area contributed by atoms with E-state index in [1.54, 1.807) is 0 Å². The lowest BCUT2D eigenvalue weighted by atomic mass is 9.94. The third-order valence-corrected chi connectivity index (χ3v) is 4.09. The Morgan fingerprint density at radius 3 is 2.80 bits per heavy atom. The highest BCUT2D eigenvalue weighted by atomic mass is 16.5. The van der Waals surface area contributed by atoms with E-state index in [9.17, 15) is 0 Å². The molecule has 0 saturated carbocycles. The average Bonchev–Trinajstić information content (AvgIpc) is 2.97. The smallest absolute Gasteiger partial charge is 0.160 e. The summed E-state index contributed by atoms with van der Waals surface area (Å²) in [6, 6.07) is 15.0. The molecule has 1 unspecified atom stereocenters. The standard InChI is InChI=1S/C18H22NO/c1-2-3-14-20-18(12-7-13-19-18)17-11-6-9-15-8-4-5-10-16(15)17/h4-6,8-11H,2-3,7,12-14H2,1H3. The molecule has 1 heterocycles. The van der Waals surface area contributed by atoms with Crippen LogP contribution in [0, 0.1) is 0 Å². The number of ether oxygens (including phenoxy) is 1. The van der Waals surface area contributed by atoms with Crippen molar-refractivity contribution in [1.82, 2.24) is 5.32 Å². The van der Waals surface area contributed by atoms with Crippen LogP contribution in [0.4, 0.5) is 0 Å². The molecule has 3 rings (SSSR count). The first kappa shape index (κ1) is 13.6. The Morgan fingerprint density at radius 2 is 2.00 bits per heavy atom. The van der Waals surface area contributed by atoms with Gasteiger partial charge >= 0.3 is 0 Å². The molecule has 1 aliphatic heterocycles. The molecule has 0 aliphatic carbocycles. The summed E-state index contributed by atoms with van der Waals surface area (Å²) in [4.78, 5) is 0. The van der Waals surface area contributed by atoms with Crippen LogP contribution in [0.3, 0.4) is 0 Å². The van der Waals surface area contributed by atoms with Gasteiger partial charge in [-0.05, 0) is 30.0 Å². The molecule has 2 aromatic rings. The van der Waals surface area contributed by atoms with Gasteiger partial charge in [-0.25, -0.2) is 5.32 Å². The van der Waals surface area contributed by atoms with E-state index in [0.29, 0.717) is 0 Å². The lowest BCUT2D eigenvalue weighted by molar-refractivity contribution is -0.0658. The van der Waals surface area contributed by atoms with Crippen LogP contribution in [0.1, 0.15) is 38.2 Å². The van der Waals surface area contributed by atoms with E-state index in [1.165, 1.54) is 16.3 Å². The number of fused-ring (bicyclic) bond motifs is 1. The predicted octanol–water partition coefficient (Wildman–Crippen LogP) is 4.21. The zero-order valence-corrected chi connectivity index (χ0v) is 12.1. The zero-order chi connectivity index (χ0) is 13.8. The maximum absolute atomic E-state index is 6.26. The molecule has 0 amide bonds. The minimum atomic E-state index is -0.407. The molecule has 1 fully saturated rings. The molecule has 20 heavy (non-hydrogen) atoms. The summed E-state index contributed by atoms with van der Waals surface area (Å²) in [5.41, 5.74) is 0.833. The summed E-state index contributed by atoms with van der Waals surface area (Å²) in [5, 5.41) is 7.38. The van der Waals surface area contributed by atoms with Gasteiger partial charge < -0.3 is 4.74 Å². The highest BCUT2D eigenvalue weighted by Crippen LogP contribution is 2.37. The molecule has 2 aromatic carbocycles. The summed E-state index contributed by atoms with van der Waals surface area (Å²) in [5.74, 6) is 0. The minimum absolute atomic E-state index is 0.407. The van der Waals surface area contributed by atoms with E-state index in [0.717, 1.165) is 38.8 Å². The molecule has 0 aromatic heterocycles. The predicted molar refractivity (Wildman–Crippen MR) is 82.7 cm³/mol. The van der Waals surface area contributed by atoms with Gasteiger partial charge in [0.05, 0.1) is 0 Å². The van der Waals surface area contributed by atoms with Crippen LogP contribution in [0.2, 0.25) is 0 Å². The Balaban J connectivity index is 2.01. The lowest BCUT2D eigenvalue weighted by Crippen LogP contribution is -2.35. The summed E-state index contributed by atoms with van der Waals surface area (Å²) in [7, 11) is 0. The molecular weight excluding hydrogens is 246 g/mol. The molecule has 2 heteroatoms. The van der Waals surface area contributed by atoms with Crippen molar-refractivity contribution in [2.75, 3.05) is 13.2 Å². The second kappa shape index (κ2) is 5.94. The number of benzene rings is 2. The van der Waals surface area contributed by atoms with E-state index < -0.39 is 5.72 Å². The van der Waals surface area contributed by atoms with Gasteiger partial charge in [0.2, 0.25) is 0 Å². The molecule has 0 N–H and O–H groups in total. The second-order valence-electron chi connectivity index (χ2n) is 5.50. The first-order valence-electron chi connectivity index (χ1n) is 7.66. The highest BCUT2D eigenvalue weighted by Gasteiger charge is 2.38. The van der Waals surface area contributed by atoms with Gasteiger partial charge in [0, 0.05) is 18.7 Å². The fraction of sp³-hybridized carbons (Fsp3) is 0.444. The van der Waals surface area contributed by atoms with Crippen molar-refractivity contribution in [1.29, 1.82) is 0 Å². The monoisotopic (exact) mass is 268 g/mol. The van der Waals surface area contributed by atoms with Gasteiger partial charge in [-0.15, -0.1) is 0 Å². The first-order valence-corrected chi connectivity index (χ1v) is 7.66. The second-order valence-corrected chi connectivity index (χ2v) is 5.50. The Kier molecular flexibility index (Phi) is 4.04. The lowest BCUT2D eigenvalue weighted by Gasteiger charge is -2.30. The van der Waals surface area contributed by atoms with Crippen LogP contribution in [0.15, 0.2) is 42.5 Å². The van der Waals surface area contributed by atoms with Crippen LogP contribution < -0.4 is 5.32 Å². The van der Waals surface area contributed by atoms with Crippen molar-refractivity contribution in [3.8, 4) is 0 Å². The van der Waals surface area contributed by atoms with Crippen LogP contribution >= 0.6 is 0 Å². The quantitative estimate of drug-likeness (QED) is 0.745. The molecule has 2 nitrogen and oxygen atoms in total. The summed E-state index contributed by atoms with van der Waals surface area (Å²) in [6.07, 6.45) is 4.38. The van der Waals surface area contributed by atoms with Crippen LogP contribution in [0.25, 0.3) is 10.8 Å². The van der Waals surface area contributed by atoms with E-state index in [1.807, 2.05) is 0 Å². The fourth-order valence-corrected chi connectivity index (χ4v) is 3.02. The third kappa shape index (κ3) is 2.46. The van der Waals surface area contributed by atoms with Gasteiger partial charge in [-0.1, -0.05) is 55.8 Å². The molecule has 1 saturated heterocycles. The van der Waals surface area contributed by atoms with Gasteiger partial charge in [0.25, 0.3) is 0 Å². The number of nitrogens with zero attached hydrogens (tertiary/aromatic N) is 1. The topological polar surface area (TPSA) is 23.3 Å². The maximum atomic E-state index is 6.26. The largest absolute Gasteiger partial charge is 0.355 e. The van der Waals surface area contributed by atoms with Gasteiger partial charge in [-0.2, -0.15) is 0 Å². The van der Waals surface area contributed by atoms with Crippen LogP contribution in [-0.2, 0) is 10.5 Å². The Hall–Kier alpha value is -1.38. The van der Waals surface area contributed by atoms with E-state index >= 15 is 0 Å². The molecule has 1 aliphatic rings. The average molecular weight is 268 g/mol. The van der Waals surface area contributed by atoms with E-state index in [4.69, 9.17) is 10.1 Å². The zero-order valence-electron chi connectivity index (χ0n) is 12.1. The maximum Gasteiger partial charge on any atom is 0.160 e. The summed E-state index contributed by atoms with van der Waals surface area (Å²) >= 11 is 0. The van der Waals surface area contributed by atoms with Crippen molar-refractivity contribution in [2.24, 2.45) is 0 Å². The van der Waals surface area contributed by atoms with Crippen LogP contribution in [0.5, 0.6) is 0 Å². The van der Waals surface area contributed by atoms with Crippen molar-refractivity contribution >= 4 is 10.8 Å². The van der Waals surface area contributed by atoms with Gasteiger partial charge in [0.15, 0.2) is 5.72 Å². The molecule has 0 spiro atoms. The Labute approximate surface area is 121 Å². The summed E-state index contributed by atoms with van der Waals surface area (Å²) in [6.45, 7) is 3.90. The number of rotatable bonds is 5. The van der Waals surface area contributed by atoms with E-state index in [2.05, 4.69) is 49.4 Å². The number of hydrogen-bond acceptors (Lipinski definition) is 1. The first-order chi connectivity index (χ1) is 9.86. The van der Waals surface area contributed by atoms with Crippen molar-refractivity contribution in [3.63, 3.8) is 0 Å². The normalized spacial score (nSPS) is 22.4. The van der Waals surface area contributed by atoms with Crippen molar-refractivity contribution in [2.45, 2.75) is 38.3 Å². The van der Waals surface area contributed by atoms with Gasteiger partial charge in [0.1, 0.15) is 0 Å². The van der Waals surface area contributed by atoms with Crippen molar-refractivity contribution < 1.29 is 4.74 Å². The SMILES string of the molecule is CCCCOC1(c2cccc3ccccc23)CCC[N]1. The molecular formula is C18H22NO. The number of hydrogen-bond donors (Lipinski definition) is 0. The molecule has 1 radical (unpaired) electrons. The van der Waals surface area contributed by atoms with Crippen molar-refractivity contribution in [3.05, 3.63) is 48.0 Å². The van der Waals surface area contributed by atoms with Gasteiger partial charge in [-0.3, -0.25) is 0 Å². The summed E-state index contributed by atoms with van der Waals surface area (Å²) < 4.78 is 6.26. The Morgan fingerprint density at radius 1 is 1.15 bits per heavy atom. The third-order valence-electron chi connectivity index (χ3n) is 4.09. The molecule has 105 valence electrons. The Bertz CT molecular complexity index is 567. The minimum Gasteiger partial charge on any atom is -0.355 e. The van der Waals surface area contributed by atoms with E-state index in [-0.39, 0.29) is 0 Å². The fourth-order valence-electron chi connectivity index (χ4n) is 3.02. The number of unbranched alkanes of at least 4 members (excludes halogenated alkanes) is 1. The highest BCUT2D eigenvalue weighted by molar-refractivity contribution is 5.86. The molecule has 1 atom stereocenters.